The summed E-state index contributed by atoms with van der Waals surface area (Å²) in [5, 5.41) is 0. The topological polar surface area (TPSA) is 65.6 Å². The first-order chi connectivity index (χ1) is 16.7. The lowest BCUT2D eigenvalue weighted by molar-refractivity contribution is -0.135. The van der Waals surface area contributed by atoms with Gasteiger partial charge in [0.2, 0.25) is 5.91 Å². The third-order valence-corrected chi connectivity index (χ3v) is 9.17. The quantitative estimate of drug-likeness (QED) is 0.427. The Morgan fingerprint density at radius 1 is 1.11 bits per heavy atom. The molecule has 8 nitrogen and oxygen atoms in total. The summed E-state index contributed by atoms with van der Waals surface area (Å²) in [6, 6.07) is 4.47. The second-order valence-electron chi connectivity index (χ2n) is 10.2. The van der Waals surface area contributed by atoms with Gasteiger partial charge in [0, 0.05) is 59.4 Å². The Kier molecular flexibility index (Phi) is 10.5. The van der Waals surface area contributed by atoms with Crippen molar-refractivity contribution in [3.63, 3.8) is 0 Å². The van der Waals surface area contributed by atoms with Crippen molar-refractivity contribution in [2.75, 3.05) is 80.7 Å². The second-order valence-corrected chi connectivity index (χ2v) is 11.7. The standard InChI is InChI=1S/C26H44N4O4S/c1-20-15-24(33-6)16-21(2)26(20)35(32)29(5)13-14-34-19-25(31)28(4)18-22-7-8-23(17-22)30-11-9-27(3)10-12-30/h15-16,22-23H,7-14,17-19H2,1-6H3/t22-,23?,35?/m0/s1. The van der Waals surface area contributed by atoms with Gasteiger partial charge in [-0.05, 0) is 69.3 Å². The Morgan fingerprint density at radius 2 is 1.77 bits per heavy atom. The molecule has 0 N–H and O–H groups in total. The fraction of sp³-hybridized carbons (Fsp3) is 0.731. The maximum absolute atomic E-state index is 13.0. The number of likely N-dealkylation sites (N-methyl/N-ethyl adjacent to an activating group) is 3. The van der Waals surface area contributed by atoms with Crippen molar-refractivity contribution in [3.05, 3.63) is 23.3 Å². The van der Waals surface area contributed by atoms with Crippen LogP contribution < -0.4 is 4.74 Å². The van der Waals surface area contributed by atoms with Crippen LogP contribution in [-0.2, 0) is 20.5 Å². The molecule has 0 aromatic heterocycles. The van der Waals surface area contributed by atoms with E-state index in [1.54, 1.807) is 11.4 Å². The predicted octanol–water partition coefficient (Wildman–Crippen LogP) is 2.16. The van der Waals surface area contributed by atoms with Crippen LogP contribution in [0, 0.1) is 19.8 Å². The molecule has 2 fully saturated rings. The molecule has 1 aromatic carbocycles. The monoisotopic (exact) mass is 508 g/mol. The summed E-state index contributed by atoms with van der Waals surface area (Å²) >= 11 is 0. The number of carbonyl (C=O) groups is 1. The number of carbonyl (C=O) groups excluding carboxylic acids is 1. The highest BCUT2D eigenvalue weighted by Crippen LogP contribution is 2.30. The third-order valence-electron chi connectivity index (χ3n) is 7.43. The predicted molar refractivity (Wildman–Crippen MR) is 140 cm³/mol. The molecule has 0 bridgehead atoms. The van der Waals surface area contributed by atoms with Gasteiger partial charge in [-0.1, -0.05) is 0 Å². The number of benzene rings is 1. The van der Waals surface area contributed by atoms with E-state index in [9.17, 15) is 9.00 Å². The average Bonchev–Trinajstić information content (AvgIpc) is 3.29. The first-order valence-electron chi connectivity index (χ1n) is 12.7. The highest BCUT2D eigenvalue weighted by Gasteiger charge is 2.31. The molecule has 0 radical (unpaired) electrons. The van der Waals surface area contributed by atoms with E-state index in [2.05, 4.69) is 16.8 Å². The molecule has 1 saturated heterocycles. The van der Waals surface area contributed by atoms with Crippen molar-refractivity contribution in [1.29, 1.82) is 0 Å². The van der Waals surface area contributed by atoms with E-state index in [0.717, 1.165) is 54.5 Å². The zero-order valence-electron chi connectivity index (χ0n) is 22.4. The van der Waals surface area contributed by atoms with Crippen LogP contribution in [0.5, 0.6) is 5.75 Å². The van der Waals surface area contributed by atoms with Gasteiger partial charge >= 0.3 is 0 Å². The van der Waals surface area contributed by atoms with Crippen LogP contribution in [0.3, 0.4) is 0 Å². The normalized spacial score (nSPS) is 22.5. The summed E-state index contributed by atoms with van der Waals surface area (Å²) in [6.07, 6.45) is 3.61. The molecule has 1 amide bonds. The molecule has 1 saturated carbocycles. The van der Waals surface area contributed by atoms with Crippen molar-refractivity contribution in [3.8, 4) is 5.75 Å². The van der Waals surface area contributed by atoms with Gasteiger partial charge in [-0.3, -0.25) is 9.69 Å². The Bertz CT molecular complexity index is 852. The Hall–Kier alpha value is -1.52. The lowest BCUT2D eigenvalue weighted by Gasteiger charge is -2.36. The molecule has 1 aliphatic carbocycles. The molecule has 0 spiro atoms. The Labute approximate surface area is 214 Å². The number of ether oxygens (including phenoxy) is 2. The molecule has 1 aliphatic heterocycles. The second kappa shape index (κ2) is 13.1. The van der Waals surface area contributed by atoms with Crippen LogP contribution in [0.2, 0.25) is 0 Å². The number of amides is 1. The summed E-state index contributed by atoms with van der Waals surface area (Å²) in [5.74, 6) is 1.35. The molecular formula is C26H44N4O4S. The van der Waals surface area contributed by atoms with E-state index >= 15 is 0 Å². The molecule has 1 heterocycles. The van der Waals surface area contributed by atoms with Crippen LogP contribution in [0.15, 0.2) is 17.0 Å². The fourth-order valence-electron chi connectivity index (χ4n) is 5.23. The van der Waals surface area contributed by atoms with E-state index in [1.807, 2.05) is 45.0 Å². The number of hydrogen-bond acceptors (Lipinski definition) is 6. The molecule has 2 unspecified atom stereocenters. The van der Waals surface area contributed by atoms with Crippen LogP contribution in [-0.4, -0.2) is 116 Å². The number of hydrogen-bond donors (Lipinski definition) is 0. The van der Waals surface area contributed by atoms with Crippen LogP contribution >= 0.6 is 0 Å². The molecule has 3 atom stereocenters. The molecular weight excluding hydrogens is 464 g/mol. The number of methoxy groups -OCH3 is 1. The minimum Gasteiger partial charge on any atom is -0.497 e. The SMILES string of the molecule is COc1cc(C)c(S(=O)N(C)CCOCC(=O)N(C)C[C@H]2CCC(N3CCN(C)CC3)C2)c(C)c1. The van der Waals surface area contributed by atoms with Gasteiger partial charge in [0.1, 0.15) is 23.3 Å². The van der Waals surface area contributed by atoms with Gasteiger partial charge in [0.15, 0.2) is 0 Å². The summed E-state index contributed by atoms with van der Waals surface area (Å²) in [6.45, 7) is 10.2. The van der Waals surface area contributed by atoms with Gasteiger partial charge in [-0.25, -0.2) is 8.51 Å². The average molecular weight is 509 g/mol. The van der Waals surface area contributed by atoms with E-state index in [0.29, 0.717) is 25.1 Å². The van der Waals surface area contributed by atoms with E-state index in [4.69, 9.17) is 9.47 Å². The minimum atomic E-state index is -1.30. The zero-order valence-corrected chi connectivity index (χ0v) is 23.2. The van der Waals surface area contributed by atoms with Crippen LogP contribution in [0.25, 0.3) is 0 Å². The van der Waals surface area contributed by atoms with Crippen molar-refractivity contribution in [2.24, 2.45) is 5.92 Å². The largest absolute Gasteiger partial charge is 0.497 e. The van der Waals surface area contributed by atoms with Crippen molar-refractivity contribution in [1.82, 2.24) is 19.0 Å². The molecule has 9 heteroatoms. The van der Waals surface area contributed by atoms with Gasteiger partial charge in [-0.2, -0.15) is 0 Å². The lowest BCUT2D eigenvalue weighted by Crippen LogP contribution is -2.48. The Morgan fingerprint density at radius 3 is 2.40 bits per heavy atom. The van der Waals surface area contributed by atoms with Crippen LogP contribution in [0.1, 0.15) is 30.4 Å². The van der Waals surface area contributed by atoms with Gasteiger partial charge < -0.3 is 19.3 Å². The molecule has 1 aromatic rings. The number of piperazine rings is 1. The maximum atomic E-state index is 13.0. The van der Waals surface area contributed by atoms with E-state index in [1.165, 1.54) is 19.3 Å². The highest BCUT2D eigenvalue weighted by atomic mass is 32.2. The first-order valence-corrected chi connectivity index (χ1v) is 13.8. The van der Waals surface area contributed by atoms with E-state index in [-0.39, 0.29) is 12.5 Å². The molecule has 198 valence electrons. The summed E-state index contributed by atoms with van der Waals surface area (Å²) in [4.78, 5) is 20.3. The van der Waals surface area contributed by atoms with E-state index < -0.39 is 11.0 Å². The number of aryl methyl sites for hydroxylation is 2. The number of nitrogens with zero attached hydrogens (tertiary/aromatic N) is 4. The van der Waals surface area contributed by atoms with Crippen LogP contribution in [0.4, 0.5) is 0 Å². The van der Waals surface area contributed by atoms with Gasteiger partial charge in [0.05, 0.1) is 18.6 Å². The Balaban J connectivity index is 1.36. The number of rotatable bonds is 11. The molecule has 2 aliphatic rings. The van der Waals surface area contributed by atoms with Gasteiger partial charge in [0.25, 0.3) is 0 Å². The van der Waals surface area contributed by atoms with Crippen molar-refractivity contribution < 1.29 is 18.5 Å². The molecule has 3 rings (SSSR count). The summed E-state index contributed by atoms with van der Waals surface area (Å²) < 4.78 is 25.7. The minimum absolute atomic E-state index is 0.0127. The fourth-order valence-corrected chi connectivity index (χ4v) is 6.45. The van der Waals surface area contributed by atoms with Crippen molar-refractivity contribution >= 4 is 16.9 Å². The zero-order chi connectivity index (χ0) is 25.5. The lowest BCUT2D eigenvalue weighted by atomic mass is 10.1. The summed E-state index contributed by atoms with van der Waals surface area (Å²) in [5.41, 5.74) is 1.87. The smallest absolute Gasteiger partial charge is 0.248 e. The third kappa shape index (κ3) is 7.73. The first kappa shape index (κ1) is 28.1. The maximum Gasteiger partial charge on any atom is 0.248 e. The van der Waals surface area contributed by atoms with Gasteiger partial charge in [-0.15, -0.1) is 0 Å². The highest BCUT2D eigenvalue weighted by molar-refractivity contribution is 7.82. The van der Waals surface area contributed by atoms with Crippen molar-refractivity contribution in [2.45, 2.75) is 44.0 Å². The molecule has 35 heavy (non-hydrogen) atoms. The summed E-state index contributed by atoms with van der Waals surface area (Å²) in [7, 11) is 6.22.